The number of nitrogens with zero attached hydrogens (tertiary/aromatic N) is 2. The lowest BCUT2D eigenvalue weighted by molar-refractivity contribution is -0.137. The van der Waals surface area contributed by atoms with E-state index in [0.717, 1.165) is 34.2 Å². The number of aromatic nitrogens is 2. The van der Waals surface area contributed by atoms with Crippen molar-refractivity contribution in [3.05, 3.63) is 83.6 Å². The van der Waals surface area contributed by atoms with Gasteiger partial charge < -0.3 is 11.1 Å². The maximum atomic E-state index is 12.7. The van der Waals surface area contributed by atoms with Gasteiger partial charge >= 0.3 is 6.18 Å². The van der Waals surface area contributed by atoms with E-state index < -0.39 is 17.6 Å². The first kappa shape index (κ1) is 20.3. The number of alkyl halides is 3. The Bertz CT molecular complexity index is 1280. The number of fused-ring (bicyclic) bond motifs is 1. The van der Waals surface area contributed by atoms with E-state index in [2.05, 4.69) is 15.3 Å². The Hall–Kier alpha value is -3.94. The highest BCUT2D eigenvalue weighted by Crippen LogP contribution is 2.30. The molecule has 0 radical (unpaired) electrons. The van der Waals surface area contributed by atoms with Gasteiger partial charge in [0, 0.05) is 22.8 Å². The molecule has 1 heterocycles. The van der Waals surface area contributed by atoms with Gasteiger partial charge in [0.2, 0.25) is 5.95 Å². The van der Waals surface area contributed by atoms with Crippen molar-refractivity contribution in [2.45, 2.75) is 13.1 Å². The summed E-state index contributed by atoms with van der Waals surface area (Å²) in [6, 6.07) is 15.2. The van der Waals surface area contributed by atoms with Gasteiger partial charge in [-0.2, -0.15) is 13.2 Å². The molecule has 1 aromatic heterocycles. The van der Waals surface area contributed by atoms with Gasteiger partial charge in [0.1, 0.15) is 0 Å². The van der Waals surface area contributed by atoms with Crippen LogP contribution in [0, 0.1) is 6.92 Å². The van der Waals surface area contributed by atoms with Crippen molar-refractivity contribution >= 4 is 28.4 Å². The van der Waals surface area contributed by atoms with Crippen LogP contribution in [0.2, 0.25) is 0 Å². The van der Waals surface area contributed by atoms with Gasteiger partial charge in [0.05, 0.1) is 11.1 Å². The average Bonchev–Trinajstić information content (AvgIpc) is 2.73. The standard InChI is InChI=1S/C23H17F3N4O/c1-13-2-3-15(21(31)29-18-7-5-17(6-8-18)23(24,25)26)11-19(13)14-4-9-20-16(10-14)12-28-22(27)30-20/h2-12H,1H3,(H,29,31)(H2,27,28,30). The average molecular weight is 422 g/mol. The van der Waals surface area contributed by atoms with E-state index in [1.807, 2.05) is 31.2 Å². The van der Waals surface area contributed by atoms with Gasteiger partial charge in [-0.15, -0.1) is 0 Å². The van der Waals surface area contributed by atoms with Crippen molar-refractivity contribution in [1.82, 2.24) is 9.97 Å². The van der Waals surface area contributed by atoms with Gasteiger partial charge in [0.15, 0.2) is 0 Å². The molecule has 156 valence electrons. The third-order valence-corrected chi connectivity index (χ3v) is 4.88. The lowest BCUT2D eigenvalue weighted by atomic mass is 9.97. The Balaban J connectivity index is 1.61. The molecule has 0 fully saturated rings. The topological polar surface area (TPSA) is 80.9 Å². The number of hydrogen-bond acceptors (Lipinski definition) is 4. The van der Waals surface area contributed by atoms with Crippen molar-refractivity contribution in [1.29, 1.82) is 0 Å². The van der Waals surface area contributed by atoms with E-state index >= 15 is 0 Å². The summed E-state index contributed by atoms with van der Waals surface area (Å²) in [4.78, 5) is 20.9. The smallest absolute Gasteiger partial charge is 0.368 e. The van der Waals surface area contributed by atoms with Crippen LogP contribution < -0.4 is 11.1 Å². The normalized spacial score (nSPS) is 11.5. The summed E-state index contributed by atoms with van der Waals surface area (Å²) < 4.78 is 38.1. The summed E-state index contributed by atoms with van der Waals surface area (Å²) in [5, 5.41) is 3.44. The fourth-order valence-electron chi connectivity index (χ4n) is 3.24. The maximum Gasteiger partial charge on any atom is 0.416 e. The lowest BCUT2D eigenvalue weighted by Crippen LogP contribution is -2.12. The van der Waals surface area contributed by atoms with Gasteiger partial charge in [-0.05, 0) is 72.1 Å². The van der Waals surface area contributed by atoms with Crippen LogP contribution in [0.5, 0.6) is 0 Å². The maximum absolute atomic E-state index is 12.7. The Morgan fingerprint density at radius 2 is 1.74 bits per heavy atom. The summed E-state index contributed by atoms with van der Waals surface area (Å²) in [5.74, 6) is -0.226. The molecule has 4 aromatic rings. The number of rotatable bonds is 3. The first-order valence-corrected chi connectivity index (χ1v) is 9.32. The number of benzene rings is 3. The van der Waals surface area contributed by atoms with Gasteiger partial charge in [-0.25, -0.2) is 9.97 Å². The molecule has 0 aliphatic rings. The number of carbonyl (C=O) groups excluding carboxylic acids is 1. The summed E-state index contributed by atoms with van der Waals surface area (Å²) in [5.41, 5.74) is 8.91. The molecule has 4 rings (SSSR count). The van der Waals surface area contributed by atoms with Gasteiger partial charge in [-0.3, -0.25) is 4.79 Å². The summed E-state index contributed by atoms with van der Waals surface area (Å²) in [7, 11) is 0. The van der Waals surface area contributed by atoms with Gasteiger partial charge in [0.25, 0.3) is 5.91 Å². The number of nitrogens with two attached hydrogens (primary N) is 1. The summed E-state index contributed by atoms with van der Waals surface area (Å²) in [6.45, 7) is 1.93. The molecule has 8 heteroatoms. The molecule has 0 aliphatic heterocycles. The third-order valence-electron chi connectivity index (χ3n) is 4.88. The van der Waals surface area contributed by atoms with E-state index in [1.54, 1.807) is 18.3 Å². The largest absolute Gasteiger partial charge is 0.416 e. The number of nitrogen functional groups attached to an aromatic ring is 1. The van der Waals surface area contributed by atoms with Crippen LogP contribution in [0.1, 0.15) is 21.5 Å². The summed E-state index contributed by atoms with van der Waals surface area (Å²) >= 11 is 0. The fraction of sp³-hybridized carbons (Fsp3) is 0.0870. The number of anilines is 2. The highest BCUT2D eigenvalue weighted by molar-refractivity contribution is 6.05. The minimum atomic E-state index is -4.43. The zero-order valence-electron chi connectivity index (χ0n) is 16.4. The zero-order chi connectivity index (χ0) is 22.2. The highest BCUT2D eigenvalue weighted by atomic mass is 19.4. The van der Waals surface area contributed by atoms with Crippen molar-refractivity contribution in [2.75, 3.05) is 11.1 Å². The van der Waals surface area contributed by atoms with Crippen LogP contribution in [0.3, 0.4) is 0 Å². The SMILES string of the molecule is Cc1ccc(C(=O)Nc2ccc(C(F)(F)F)cc2)cc1-c1ccc2nc(N)ncc2c1. The molecule has 0 saturated carbocycles. The van der Waals surface area contributed by atoms with E-state index in [1.165, 1.54) is 12.1 Å². The van der Waals surface area contributed by atoms with Crippen molar-refractivity contribution < 1.29 is 18.0 Å². The van der Waals surface area contributed by atoms with E-state index in [-0.39, 0.29) is 11.6 Å². The van der Waals surface area contributed by atoms with E-state index in [4.69, 9.17) is 5.73 Å². The zero-order valence-corrected chi connectivity index (χ0v) is 16.4. The minimum absolute atomic E-state index is 0.193. The Morgan fingerprint density at radius 1 is 1.00 bits per heavy atom. The second-order valence-corrected chi connectivity index (χ2v) is 7.06. The predicted octanol–water partition coefficient (Wildman–Crippen LogP) is 5.46. The second kappa shape index (κ2) is 7.71. The molecule has 0 unspecified atom stereocenters. The molecule has 3 aromatic carbocycles. The molecule has 31 heavy (non-hydrogen) atoms. The number of carbonyl (C=O) groups is 1. The molecular weight excluding hydrogens is 405 g/mol. The highest BCUT2D eigenvalue weighted by Gasteiger charge is 2.30. The van der Waals surface area contributed by atoms with E-state index in [9.17, 15) is 18.0 Å². The molecule has 1 amide bonds. The molecule has 0 spiro atoms. The third kappa shape index (κ3) is 4.32. The quantitative estimate of drug-likeness (QED) is 0.460. The van der Waals surface area contributed by atoms with Crippen LogP contribution in [0.25, 0.3) is 22.0 Å². The van der Waals surface area contributed by atoms with Crippen LogP contribution >= 0.6 is 0 Å². The first-order chi connectivity index (χ1) is 14.7. The van der Waals surface area contributed by atoms with Crippen LogP contribution in [-0.4, -0.2) is 15.9 Å². The molecule has 3 N–H and O–H groups in total. The number of hydrogen-bond donors (Lipinski definition) is 2. The molecule has 0 bridgehead atoms. The van der Waals surface area contributed by atoms with Crippen LogP contribution in [0.15, 0.2) is 66.9 Å². The Labute approximate surface area is 175 Å². The number of amides is 1. The van der Waals surface area contributed by atoms with Crippen molar-refractivity contribution in [2.24, 2.45) is 0 Å². The molecule has 0 aliphatic carbocycles. The first-order valence-electron chi connectivity index (χ1n) is 9.32. The molecule has 5 nitrogen and oxygen atoms in total. The van der Waals surface area contributed by atoms with Crippen LogP contribution in [0.4, 0.5) is 24.8 Å². The minimum Gasteiger partial charge on any atom is -0.368 e. The fourth-order valence-corrected chi connectivity index (χ4v) is 3.24. The second-order valence-electron chi connectivity index (χ2n) is 7.06. The van der Waals surface area contributed by atoms with Gasteiger partial charge in [-0.1, -0.05) is 12.1 Å². The van der Waals surface area contributed by atoms with Crippen LogP contribution in [-0.2, 0) is 6.18 Å². The number of aryl methyl sites for hydroxylation is 1. The molecular formula is C23H17F3N4O. The predicted molar refractivity (Wildman–Crippen MR) is 114 cm³/mol. The summed E-state index contributed by atoms with van der Waals surface area (Å²) in [6.07, 6.45) is -2.79. The number of nitrogens with one attached hydrogen (secondary N) is 1. The molecule has 0 atom stereocenters. The Kier molecular flexibility index (Phi) is 5.06. The monoisotopic (exact) mass is 422 g/mol. The number of halogens is 3. The van der Waals surface area contributed by atoms with Crippen molar-refractivity contribution in [3.63, 3.8) is 0 Å². The lowest BCUT2D eigenvalue weighted by Gasteiger charge is -2.12. The Morgan fingerprint density at radius 3 is 2.45 bits per heavy atom. The molecule has 0 saturated heterocycles. The van der Waals surface area contributed by atoms with E-state index in [0.29, 0.717) is 11.1 Å². The van der Waals surface area contributed by atoms with Crippen molar-refractivity contribution in [3.8, 4) is 11.1 Å².